The van der Waals surface area contributed by atoms with Gasteiger partial charge < -0.3 is 5.32 Å². The van der Waals surface area contributed by atoms with Gasteiger partial charge in [0.05, 0.1) is 27.6 Å². The minimum atomic E-state index is -0.483. The smallest absolute Gasteiger partial charge is 0.291 e. The molecule has 0 spiro atoms. The minimum absolute atomic E-state index is 0.0649. The van der Waals surface area contributed by atoms with Crippen LogP contribution in [0.5, 0.6) is 0 Å². The first kappa shape index (κ1) is 16.5. The summed E-state index contributed by atoms with van der Waals surface area (Å²) < 4.78 is 1.16. The Labute approximate surface area is 141 Å². The first-order valence-corrected chi connectivity index (χ1v) is 8.53. The number of benzene rings is 1. The number of nitrogens with zero attached hydrogens (tertiary/aromatic N) is 2. The summed E-state index contributed by atoms with van der Waals surface area (Å²) in [6.45, 7) is 0.811. The molecule has 1 N–H and O–H groups in total. The van der Waals surface area contributed by atoms with Gasteiger partial charge in [0.25, 0.3) is 5.56 Å². The van der Waals surface area contributed by atoms with Crippen LogP contribution in [0.2, 0.25) is 15.1 Å². The third-order valence-electron chi connectivity index (χ3n) is 2.70. The molecule has 21 heavy (non-hydrogen) atoms. The fourth-order valence-electron chi connectivity index (χ4n) is 1.66. The molecule has 2 rings (SSSR count). The predicted molar refractivity (Wildman–Crippen MR) is 91.7 cm³/mol. The van der Waals surface area contributed by atoms with E-state index in [1.54, 1.807) is 30.0 Å². The molecule has 112 valence electrons. The summed E-state index contributed by atoms with van der Waals surface area (Å²) in [5, 5.41) is 7.75. The van der Waals surface area contributed by atoms with Crippen molar-refractivity contribution < 1.29 is 0 Å². The van der Waals surface area contributed by atoms with Gasteiger partial charge >= 0.3 is 0 Å². The van der Waals surface area contributed by atoms with Gasteiger partial charge in [-0.3, -0.25) is 4.79 Å². The Bertz CT molecular complexity index is 706. The summed E-state index contributed by atoms with van der Waals surface area (Å²) in [7, 11) is 0. The molecule has 1 heterocycles. The fraction of sp³-hybridized carbons (Fsp3) is 0.231. The molecular weight excluding hydrogens is 353 g/mol. The van der Waals surface area contributed by atoms with Gasteiger partial charge in [-0.2, -0.15) is 21.5 Å². The number of hydrogen-bond acceptors (Lipinski definition) is 4. The second kappa shape index (κ2) is 7.40. The largest absolute Gasteiger partial charge is 0.383 e. The Kier molecular flexibility index (Phi) is 5.81. The highest BCUT2D eigenvalue weighted by atomic mass is 35.5. The topological polar surface area (TPSA) is 46.9 Å². The number of thioether (sulfide) groups is 1. The highest BCUT2D eigenvalue weighted by Crippen LogP contribution is 2.24. The molecule has 0 aliphatic carbocycles. The number of aromatic nitrogens is 2. The Morgan fingerprint density at radius 3 is 2.71 bits per heavy atom. The van der Waals surface area contributed by atoms with Crippen molar-refractivity contribution in [3.63, 3.8) is 0 Å². The third-order valence-corrected chi connectivity index (χ3v) is 4.37. The van der Waals surface area contributed by atoms with Crippen LogP contribution in [0.4, 0.5) is 5.69 Å². The maximum atomic E-state index is 12.0. The monoisotopic (exact) mass is 363 g/mol. The van der Waals surface area contributed by atoms with E-state index in [2.05, 4.69) is 10.4 Å². The van der Waals surface area contributed by atoms with Gasteiger partial charge in [0.15, 0.2) is 0 Å². The zero-order chi connectivity index (χ0) is 15.4. The van der Waals surface area contributed by atoms with Crippen LogP contribution in [-0.4, -0.2) is 28.3 Å². The van der Waals surface area contributed by atoms with Gasteiger partial charge in [0, 0.05) is 12.3 Å². The molecule has 4 nitrogen and oxygen atoms in total. The molecule has 0 amide bonds. The van der Waals surface area contributed by atoms with Crippen molar-refractivity contribution in [1.29, 1.82) is 0 Å². The van der Waals surface area contributed by atoms with E-state index in [9.17, 15) is 4.79 Å². The number of anilines is 1. The summed E-state index contributed by atoms with van der Waals surface area (Å²) in [4.78, 5) is 12.0. The van der Waals surface area contributed by atoms with Crippen molar-refractivity contribution in [3.05, 3.63) is 49.8 Å². The van der Waals surface area contributed by atoms with Gasteiger partial charge in [-0.25, -0.2) is 0 Å². The van der Waals surface area contributed by atoms with Crippen molar-refractivity contribution in [2.75, 3.05) is 23.9 Å². The molecule has 1 aromatic heterocycles. The molecule has 0 radical (unpaired) electrons. The maximum absolute atomic E-state index is 12.0. The average Bonchev–Trinajstić information content (AvgIpc) is 2.47. The quantitative estimate of drug-likeness (QED) is 0.816. The summed E-state index contributed by atoms with van der Waals surface area (Å²) in [6, 6.07) is 5.20. The van der Waals surface area contributed by atoms with Crippen molar-refractivity contribution >= 4 is 52.3 Å². The first-order chi connectivity index (χ1) is 10.0. The number of halogens is 3. The van der Waals surface area contributed by atoms with Gasteiger partial charge in [-0.1, -0.05) is 34.8 Å². The Morgan fingerprint density at radius 2 is 2.05 bits per heavy atom. The van der Waals surface area contributed by atoms with Gasteiger partial charge in [0.2, 0.25) is 0 Å². The van der Waals surface area contributed by atoms with Crippen molar-refractivity contribution in [2.24, 2.45) is 0 Å². The molecule has 0 atom stereocenters. The lowest BCUT2D eigenvalue weighted by Gasteiger charge is -2.10. The SMILES string of the molecule is CSCCNc1ccc(-n2ncc(Cl)c(Cl)c2=O)cc1Cl. The summed E-state index contributed by atoms with van der Waals surface area (Å²) >= 11 is 19.5. The van der Waals surface area contributed by atoms with Crippen LogP contribution in [0.25, 0.3) is 5.69 Å². The van der Waals surface area contributed by atoms with Crippen LogP contribution >= 0.6 is 46.6 Å². The van der Waals surface area contributed by atoms with Crippen LogP contribution in [0.1, 0.15) is 0 Å². The van der Waals surface area contributed by atoms with Crippen LogP contribution < -0.4 is 10.9 Å². The number of rotatable bonds is 5. The molecule has 2 aromatic rings. The van der Waals surface area contributed by atoms with E-state index in [0.717, 1.165) is 22.7 Å². The fourth-order valence-corrected chi connectivity index (χ4v) is 2.46. The third kappa shape index (κ3) is 3.86. The van der Waals surface area contributed by atoms with Crippen LogP contribution in [0.3, 0.4) is 0 Å². The molecule has 0 saturated heterocycles. The maximum Gasteiger partial charge on any atom is 0.291 e. The molecule has 1 aromatic carbocycles. The van der Waals surface area contributed by atoms with E-state index in [4.69, 9.17) is 34.8 Å². The lowest BCUT2D eigenvalue weighted by molar-refractivity contribution is 0.807. The lowest BCUT2D eigenvalue weighted by atomic mass is 10.2. The minimum Gasteiger partial charge on any atom is -0.383 e. The second-order valence-electron chi connectivity index (χ2n) is 4.11. The zero-order valence-electron chi connectivity index (χ0n) is 11.1. The van der Waals surface area contributed by atoms with Crippen LogP contribution in [0.15, 0.2) is 29.2 Å². The molecule has 0 aliphatic heterocycles. The van der Waals surface area contributed by atoms with E-state index in [1.807, 2.05) is 6.26 Å². The Morgan fingerprint density at radius 1 is 1.29 bits per heavy atom. The van der Waals surface area contributed by atoms with Gasteiger partial charge in [-0.05, 0) is 24.5 Å². The molecular formula is C13H12Cl3N3OS. The normalized spacial score (nSPS) is 10.7. The number of hydrogen-bond donors (Lipinski definition) is 1. The van der Waals surface area contributed by atoms with E-state index < -0.39 is 5.56 Å². The predicted octanol–water partition coefficient (Wildman–Crippen LogP) is 3.97. The summed E-state index contributed by atoms with van der Waals surface area (Å²) in [6.07, 6.45) is 3.36. The van der Waals surface area contributed by atoms with E-state index in [-0.39, 0.29) is 10.0 Å². The summed E-state index contributed by atoms with van der Waals surface area (Å²) in [5.74, 6) is 0.978. The summed E-state index contributed by atoms with van der Waals surface area (Å²) in [5.41, 5.74) is 0.852. The molecule has 8 heteroatoms. The van der Waals surface area contributed by atoms with Crippen LogP contribution in [0, 0.1) is 0 Å². The van der Waals surface area contributed by atoms with Crippen molar-refractivity contribution in [1.82, 2.24) is 9.78 Å². The average molecular weight is 365 g/mol. The highest BCUT2D eigenvalue weighted by Gasteiger charge is 2.10. The van der Waals surface area contributed by atoms with E-state index in [1.165, 1.54) is 6.20 Å². The first-order valence-electron chi connectivity index (χ1n) is 6.00. The standard InChI is InChI=1S/C13H12Cl3N3OS/c1-21-5-4-17-11-3-2-8(6-9(11)14)19-13(20)12(16)10(15)7-18-19/h2-3,6-7,17H,4-5H2,1H3. The molecule has 0 saturated carbocycles. The lowest BCUT2D eigenvalue weighted by Crippen LogP contribution is -2.21. The zero-order valence-corrected chi connectivity index (χ0v) is 14.2. The van der Waals surface area contributed by atoms with Crippen molar-refractivity contribution in [2.45, 2.75) is 0 Å². The molecule has 0 aliphatic rings. The molecule has 0 bridgehead atoms. The Balaban J connectivity index is 2.32. The highest BCUT2D eigenvalue weighted by molar-refractivity contribution is 7.98. The van der Waals surface area contributed by atoms with Crippen molar-refractivity contribution in [3.8, 4) is 5.69 Å². The molecule has 0 fully saturated rings. The van der Waals surface area contributed by atoms with E-state index >= 15 is 0 Å². The molecule has 0 unspecified atom stereocenters. The van der Waals surface area contributed by atoms with Crippen LogP contribution in [-0.2, 0) is 0 Å². The number of nitrogens with one attached hydrogen (secondary N) is 1. The van der Waals surface area contributed by atoms with Gasteiger partial charge in [0.1, 0.15) is 5.02 Å². The Hall–Kier alpha value is -0.880. The van der Waals surface area contributed by atoms with E-state index in [0.29, 0.717) is 10.7 Å². The second-order valence-corrected chi connectivity index (χ2v) is 6.29. The van der Waals surface area contributed by atoms with Gasteiger partial charge in [-0.15, -0.1) is 0 Å².